The molecule has 2 N–H and O–H groups in total. The maximum atomic E-state index is 14.3. The molecule has 0 unspecified atom stereocenters. The lowest BCUT2D eigenvalue weighted by atomic mass is 9.81. The molecule has 1 fully saturated rings. The highest BCUT2D eigenvalue weighted by Crippen LogP contribution is 2.45. The van der Waals surface area contributed by atoms with E-state index >= 15 is 0 Å². The number of fused-ring (bicyclic) bond motifs is 1. The lowest BCUT2D eigenvalue weighted by Crippen LogP contribution is -2.39. The van der Waals surface area contributed by atoms with Crippen LogP contribution < -0.4 is 5.73 Å². The third-order valence-electron chi connectivity index (χ3n) is 4.40. The summed E-state index contributed by atoms with van der Waals surface area (Å²) in [6.45, 7) is 1.11. The number of rotatable bonds is 2. The van der Waals surface area contributed by atoms with Gasteiger partial charge in [0.05, 0.1) is 13.2 Å². The number of aliphatic imine (C=N–C) groups is 1. The van der Waals surface area contributed by atoms with Gasteiger partial charge in [0, 0.05) is 35.2 Å². The first-order chi connectivity index (χ1) is 11.2. The third kappa shape index (κ3) is 2.67. The predicted octanol–water partition coefficient (Wildman–Crippen LogP) is 2.82. The van der Waals surface area contributed by atoms with E-state index in [1.807, 2.05) is 6.07 Å². The van der Waals surface area contributed by atoms with Crippen molar-refractivity contribution >= 4 is 16.9 Å². The fraction of sp³-hybridized carbons (Fsp3) is 0.353. The molecule has 1 aromatic carbocycles. The van der Waals surface area contributed by atoms with Crippen molar-refractivity contribution in [2.45, 2.75) is 13.0 Å². The van der Waals surface area contributed by atoms with Crippen LogP contribution in [0.15, 0.2) is 41.9 Å². The molecule has 0 amide bonds. The van der Waals surface area contributed by atoms with Crippen molar-refractivity contribution in [3.63, 3.8) is 0 Å². The van der Waals surface area contributed by atoms with Crippen LogP contribution in [-0.4, -0.2) is 34.1 Å². The normalized spacial score (nSPS) is 25.5. The number of hydrogen-bond acceptors (Lipinski definition) is 6. The maximum absolute atomic E-state index is 14.3. The molecular formula is C17H19FN4OS. The first kappa shape index (κ1) is 16.9. The lowest BCUT2D eigenvalue weighted by Gasteiger charge is -2.34. The van der Waals surface area contributed by atoms with E-state index in [1.165, 1.54) is 12.4 Å². The van der Waals surface area contributed by atoms with Crippen molar-refractivity contribution in [2.75, 3.05) is 19.0 Å². The Kier molecular flexibility index (Phi) is 4.56. The summed E-state index contributed by atoms with van der Waals surface area (Å²) in [5, 5.41) is 0.556. The average molecular weight is 346 g/mol. The van der Waals surface area contributed by atoms with Crippen LogP contribution in [0.25, 0.3) is 11.1 Å². The van der Waals surface area contributed by atoms with Crippen molar-refractivity contribution < 1.29 is 9.13 Å². The van der Waals surface area contributed by atoms with Gasteiger partial charge >= 0.3 is 0 Å². The van der Waals surface area contributed by atoms with Gasteiger partial charge in [-0.05, 0) is 17.7 Å². The smallest absolute Gasteiger partial charge is 0.154 e. The number of amidine groups is 1. The number of hydrogen-bond donors (Lipinski definition) is 1. The van der Waals surface area contributed by atoms with Crippen molar-refractivity contribution in [3.8, 4) is 11.1 Å². The Bertz CT molecular complexity index is 770. The fourth-order valence-corrected chi connectivity index (χ4v) is 4.15. The van der Waals surface area contributed by atoms with E-state index < -0.39 is 5.54 Å². The highest BCUT2D eigenvalue weighted by Gasteiger charge is 2.48. The van der Waals surface area contributed by atoms with Crippen LogP contribution in [0.3, 0.4) is 0 Å². The summed E-state index contributed by atoms with van der Waals surface area (Å²) in [5.74, 6) is 0.791. The van der Waals surface area contributed by atoms with Gasteiger partial charge in [0.1, 0.15) is 17.7 Å². The first-order valence-electron chi connectivity index (χ1n) is 7.30. The molecule has 0 spiro atoms. The second-order valence-electron chi connectivity index (χ2n) is 5.72. The molecule has 4 rings (SSSR count). The van der Waals surface area contributed by atoms with Gasteiger partial charge in [-0.2, -0.15) is 0 Å². The molecule has 7 heteroatoms. The second-order valence-corrected chi connectivity index (χ2v) is 6.76. The van der Waals surface area contributed by atoms with Gasteiger partial charge in [-0.3, -0.25) is 0 Å². The molecule has 126 valence electrons. The monoisotopic (exact) mass is 346 g/mol. The van der Waals surface area contributed by atoms with Crippen LogP contribution in [0, 0.1) is 11.7 Å². The largest absolute Gasteiger partial charge is 0.379 e. The minimum Gasteiger partial charge on any atom is -0.379 e. The molecule has 24 heavy (non-hydrogen) atoms. The summed E-state index contributed by atoms with van der Waals surface area (Å²) in [6, 6.07) is 5.06. The van der Waals surface area contributed by atoms with E-state index in [1.54, 1.807) is 30.2 Å². The number of ether oxygens (including phenoxy) is 1. The number of nitrogens with zero attached hydrogens (tertiary/aromatic N) is 3. The quantitative estimate of drug-likeness (QED) is 0.905. The first-order valence-corrected chi connectivity index (χ1v) is 8.29. The molecule has 1 aromatic heterocycles. The van der Waals surface area contributed by atoms with Crippen molar-refractivity contribution in [1.29, 1.82) is 0 Å². The zero-order valence-electron chi connectivity index (χ0n) is 12.3. The minimum absolute atomic E-state index is 0. The van der Waals surface area contributed by atoms with E-state index in [9.17, 15) is 4.39 Å². The second kappa shape index (κ2) is 6.49. The summed E-state index contributed by atoms with van der Waals surface area (Å²) in [6.07, 6.45) is 4.63. The summed E-state index contributed by atoms with van der Waals surface area (Å²) in [4.78, 5) is 12.6. The SMILES string of the molecule is C.NC1=N[C@@]2(c3ccc(F)c(-c4cncnc4)c3)COC[C@H]2CS1. The summed E-state index contributed by atoms with van der Waals surface area (Å²) < 4.78 is 20.0. The van der Waals surface area contributed by atoms with E-state index in [-0.39, 0.29) is 19.2 Å². The zero-order chi connectivity index (χ0) is 15.9. The molecule has 2 aliphatic heterocycles. The number of aromatic nitrogens is 2. The molecule has 0 bridgehead atoms. The van der Waals surface area contributed by atoms with Gasteiger partial charge in [0.15, 0.2) is 5.17 Å². The minimum atomic E-state index is -0.520. The molecule has 2 atom stereocenters. The van der Waals surface area contributed by atoms with Crippen LogP contribution >= 0.6 is 11.8 Å². The molecule has 0 radical (unpaired) electrons. The summed E-state index contributed by atoms with van der Waals surface area (Å²) in [5.41, 5.74) is 7.46. The molecule has 1 saturated heterocycles. The molecular weight excluding hydrogens is 327 g/mol. The topological polar surface area (TPSA) is 73.4 Å². The van der Waals surface area contributed by atoms with Crippen molar-refractivity contribution in [3.05, 3.63) is 48.3 Å². The van der Waals surface area contributed by atoms with Crippen LogP contribution in [0.1, 0.15) is 13.0 Å². The Morgan fingerprint density at radius 2 is 2.08 bits per heavy atom. The van der Waals surface area contributed by atoms with Crippen LogP contribution in [0.5, 0.6) is 0 Å². The fourth-order valence-electron chi connectivity index (χ4n) is 3.17. The van der Waals surface area contributed by atoms with Crippen molar-refractivity contribution in [2.24, 2.45) is 16.6 Å². The van der Waals surface area contributed by atoms with Gasteiger partial charge in [0.25, 0.3) is 0 Å². The zero-order valence-corrected chi connectivity index (χ0v) is 13.1. The molecule has 0 saturated carbocycles. The van der Waals surface area contributed by atoms with Crippen LogP contribution in [0.4, 0.5) is 4.39 Å². The highest BCUT2D eigenvalue weighted by atomic mass is 32.2. The Morgan fingerprint density at radius 3 is 2.88 bits per heavy atom. The molecule has 3 heterocycles. The van der Waals surface area contributed by atoms with E-state index in [0.29, 0.717) is 29.5 Å². The Balaban J connectivity index is 0.00000169. The number of halogens is 1. The van der Waals surface area contributed by atoms with Crippen molar-refractivity contribution in [1.82, 2.24) is 9.97 Å². The highest BCUT2D eigenvalue weighted by molar-refractivity contribution is 8.13. The van der Waals surface area contributed by atoms with Gasteiger partial charge < -0.3 is 10.5 Å². The maximum Gasteiger partial charge on any atom is 0.154 e. The van der Waals surface area contributed by atoms with Crippen LogP contribution in [0.2, 0.25) is 0 Å². The van der Waals surface area contributed by atoms with E-state index in [2.05, 4.69) is 15.0 Å². The standard InChI is InChI=1S/C16H15FN4OS.CH4/c17-14-2-1-11(3-13(14)10-4-19-9-20-5-10)16-8-22-6-12(16)7-23-15(18)21-16;/h1-5,9,12H,6-8H2,(H2,18,21);1H4/t12-,16+;/m0./s1. The lowest BCUT2D eigenvalue weighted by molar-refractivity contribution is 0.177. The molecule has 5 nitrogen and oxygen atoms in total. The Labute approximate surface area is 144 Å². The summed E-state index contributed by atoms with van der Waals surface area (Å²) in [7, 11) is 0. The number of nitrogens with two attached hydrogens (primary N) is 1. The van der Waals surface area contributed by atoms with E-state index in [0.717, 1.165) is 11.3 Å². The number of benzene rings is 1. The van der Waals surface area contributed by atoms with Gasteiger partial charge in [-0.25, -0.2) is 19.4 Å². The third-order valence-corrected chi connectivity index (χ3v) is 5.35. The molecule has 2 aliphatic rings. The predicted molar refractivity (Wildman–Crippen MR) is 94.2 cm³/mol. The van der Waals surface area contributed by atoms with E-state index in [4.69, 9.17) is 10.5 Å². The van der Waals surface area contributed by atoms with Gasteiger partial charge in [-0.15, -0.1) is 0 Å². The summed E-state index contributed by atoms with van der Waals surface area (Å²) >= 11 is 1.55. The van der Waals surface area contributed by atoms with Crippen LogP contribution in [-0.2, 0) is 10.3 Å². The average Bonchev–Trinajstić information content (AvgIpc) is 3.00. The van der Waals surface area contributed by atoms with Gasteiger partial charge in [0.2, 0.25) is 0 Å². The Morgan fingerprint density at radius 1 is 1.29 bits per heavy atom. The Hall–Kier alpha value is -1.99. The molecule has 2 aromatic rings. The molecule has 0 aliphatic carbocycles. The number of thioether (sulfide) groups is 1. The van der Waals surface area contributed by atoms with Gasteiger partial charge in [-0.1, -0.05) is 25.3 Å².